The van der Waals surface area contributed by atoms with Gasteiger partial charge in [0.25, 0.3) is 5.91 Å². The first-order valence-corrected chi connectivity index (χ1v) is 10.7. The molecule has 0 saturated carbocycles. The van der Waals surface area contributed by atoms with Crippen molar-refractivity contribution in [2.45, 2.75) is 32.2 Å². The summed E-state index contributed by atoms with van der Waals surface area (Å²) in [6.45, 7) is 6.80. The topological polar surface area (TPSA) is 44.8 Å². The molecule has 1 saturated heterocycles. The van der Waals surface area contributed by atoms with Crippen LogP contribution in [-0.2, 0) is 12.8 Å². The molecule has 0 aromatic heterocycles. The van der Waals surface area contributed by atoms with Gasteiger partial charge in [-0.1, -0.05) is 24.3 Å². The highest BCUT2D eigenvalue weighted by molar-refractivity contribution is 5.97. The Morgan fingerprint density at radius 3 is 2.69 bits per heavy atom. The molecule has 5 heteroatoms. The fourth-order valence-electron chi connectivity index (χ4n) is 4.43. The first-order valence-electron chi connectivity index (χ1n) is 10.7. The monoisotopic (exact) mass is 393 g/mol. The van der Waals surface area contributed by atoms with Crippen LogP contribution < -0.4 is 15.0 Å². The number of anilines is 1. The second kappa shape index (κ2) is 8.87. The van der Waals surface area contributed by atoms with E-state index < -0.39 is 0 Å². The number of fused-ring (bicyclic) bond motifs is 1. The lowest BCUT2D eigenvalue weighted by molar-refractivity contribution is 0.0930. The number of benzene rings is 2. The van der Waals surface area contributed by atoms with E-state index in [1.807, 2.05) is 31.2 Å². The number of nitrogens with one attached hydrogen (secondary N) is 1. The fraction of sp³-hybridized carbons (Fsp3) is 0.458. The highest BCUT2D eigenvalue weighted by atomic mass is 16.5. The Balaban J connectivity index is 1.49. The quantitative estimate of drug-likeness (QED) is 0.848. The second-order valence-corrected chi connectivity index (χ2v) is 8.05. The number of aryl methyl sites for hydroxylation is 1. The molecule has 2 aromatic rings. The lowest BCUT2D eigenvalue weighted by Crippen LogP contribution is -2.45. The number of hydrogen-bond donors (Lipinski definition) is 1. The number of ether oxygens (including phenoxy) is 1. The number of likely N-dealkylation sites (N-methyl/N-ethyl adjacent to an activating group) is 1. The minimum Gasteiger partial charge on any atom is -0.493 e. The molecule has 0 radical (unpaired) electrons. The predicted octanol–water partition coefficient (Wildman–Crippen LogP) is 3.12. The van der Waals surface area contributed by atoms with Crippen LogP contribution in [0.5, 0.6) is 5.75 Å². The van der Waals surface area contributed by atoms with Crippen molar-refractivity contribution < 1.29 is 9.53 Å². The van der Waals surface area contributed by atoms with Crippen molar-refractivity contribution in [3.8, 4) is 5.75 Å². The van der Waals surface area contributed by atoms with Crippen LogP contribution in [0, 0.1) is 0 Å². The molecule has 1 amide bonds. The molecular formula is C24H31N3O2. The number of rotatable bonds is 5. The molecule has 29 heavy (non-hydrogen) atoms. The molecule has 0 bridgehead atoms. The van der Waals surface area contributed by atoms with Crippen LogP contribution in [0.25, 0.3) is 0 Å². The lowest BCUT2D eigenvalue weighted by Gasteiger charge is -2.37. The molecule has 0 spiro atoms. The molecule has 1 aliphatic carbocycles. The molecule has 0 unspecified atom stereocenters. The average molecular weight is 394 g/mol. The Labute approximate surface area is 173 Å². The lowest BCUT2D eigenvalue weighted by atomic mass is 9.86. The van der Waals surface area contributed by atoms with Gasteiger partial charge in [-0.25, -0.2) is 0 Å². The number of piperazine rings is 1. The average Bonchev–Trinajstić information content (AvgIpc) is 2.74. The van der Waals surface area contributed by atoms with Crippen LogP contribution in [0.15, 0.2) is 42.5 Å². The summed E-state index contributed by atoms with van der Waals surface area (Å²) in [6.07, 6.45) is 2.87. The van der Waals surface area contributed by atoms with Crippen molar-refractivity contribution in [2.24, 2.45) is 0 Å². The van der Waals surface area contributed by atoms with E-state index in [1.165, 1.54) is 16.8 Å². The normalized spacial score (nSPS) is 19.5. The Morgan fingerprint density at radius 1 is 1.10 bits per heavy atom. The zero-order chi connectivity index (χ0) is 20.2. The van der Waals surface area contributed by atoms with Crippen LogP contribution in [0.3, 0.4) is 0 Å². The molecule has 5 nitrogen and oxygen atoms in total. The van der Waals surface area contributed by atoms with Gasteiger partial charge in [0.2, 0.25) is 0 Å². The first-order chi connectivity index (χ1) is 14.2. The minimum atomic E-state index is -0.0421. The zero-order valence-corrected chi connectivity index (χ0v) is 17.5. The Kier molecular flexibility index (Phi) is 6.05. The molecule has 4 rings (SSSR count). The highest BCUT2D eigenvalue weighted by Gasteiger charge is 2.26. The summed E-state index contributed by atoms with van der Waals surface area (Å²) in [4.78, 5) is 17.8. The van der Waals surface area contributed by atoms with Gasteiger partial charge in [0.1, 0.15) is 5.75 Å². The molecule has 1 heterocycles. The van der Waals surface area contributed by atoms with Crippen molar-refractivity contribution in [1.29, 1.82) is 0 Å². The molecule has 1 aliphatic heterocycles. The number of para-hydroxylation sites is 1. The first kappa shape index (κ1) is 19.8. The van der Waals surface area contributed by atoms with Gasteiger partial charge in [0.15, 0.2) is 0 Å². The third kappa shape index (κ3) is 4.40. The van der Waals surface area contributed by atoms with E-state index >= 15 is 0 Å². The maximum absolute atomic E-state index is 12.9. The van der Waals surface area contributed by atoms with E-state index in [-0.39, 0.29) is 11.9 Å². The van der Waals surface area contributed by atoms with Gasteiger partial charge in [-0.15, -0.1) is 0 Å². The van der Waals surface area contributed by atoms with Crippen molar-refractivity contribution >= 4 is 11.6 Å². The Hall–Kier alpha value is -2.53. The van der Waals surface area contributed by atoms with E-state index in [0.717, 1.165) is 45.4 Å². The number of hydrogen-bond acceptors (Lipinski definition) is 4. The zero-order valence-electron chi connectivity index (χ0n) is 17.5. The SMILES string of the molecule is CCOc1ccccc1C(=O)N[C@@H]1CCc2cccc(N3CCN(C)CC3)c2C1. The van der Waals surface area contributed by atoms with Crippen LogP contribution in [0.4, 0.5) is 5.69 Å². The maximum atomic E-state index is 12.9. The van der Waals surface area contributed by atoms with E-state index in [0.29, 0.717) is 17.9 Å². The van der Waals surface area contributed by atoms with Crippen molar-refractivity contribution in [1.82, 2.24) is 10.2 Å². The van der Waals surface area contributed by atoms with Crippen LogP contribution in [-0.4, -0.2) is 56.7 Å². The molecule has 2 aromatic carbocycles. The summed E-state index contributed by atoms with van der Waals surface area (Å²) < 4.78 is 5.64. The van der Waals surface area contributed by atoms with Crippen molar-refractivity contribution in [3.63, 3.8) is 0 Å². The summed E-state index contributed by atoms with van der Waals surface area (Å²) >= 11 is 0. The third-order valence-corrected chi connectivity index (χ3v) is 6.07. The van der Waals surface area contributed by atoms with Gasteiger partial charge in [-0.05, 0) is 62.6 Å². The Morgan fingerprint density at radius 2 is 1.90 bits per heavy atom. The van der Waals surface area contributed by atoms with Gasteiger partial charge in [0, 0.05) is 37.9 Å². The predicted molar refractivity (Wildman–Crippen MR) is 117 cm³/mol. The van der Waals surface area contributed by atoms with Crippen molar-refractivity contribution in [2.75, 3.05) is 44.7 Å². The summed E-state index contributed by atoms with van der Waals surface area (Å²) in [5.74, 6) is 0.612. The molecule has 1 N–H and O–H groups in total. The fourth-order valence-corrected chi connectivity index (χ4v) is 4.43. The highest BCUT2D eigenvalue weighted by Crippen LogP contribution is 2.31. The van der Waals surface area contributed by atoms with Gasteiger partial charge >= 0.3 is 0 Å². The number of carbonyl (C=O) groups excluding carboxylic acids is 1. The molecule has 154 valence electrons. The van der Waals surface area contributed by atoms with Crippen LogP contribution in [0.2, 0.25) is 0 Å². The van der Waals surface area contributed by atoms with Gasteiger partial charge in [-0.2, -0.15) is 0 Å². The minimum absolute atomic E-state index is 0.0421. The van der Waals surface area contributed by atoms with Crippen molar-refractivity contribution in [3.05, 3.63) is 59.2 Å². The molecular weight excluding hydrogens is 362 g/mol. The third-order valence-electron chi connectivity index (χ3n) is 6.07. The Bertz CT molecular complexity index is 859. The number of carbonyl (C=O) groups is 1. The van der Waals surface area contributed by atoms with E-state index in [4.69, 9.17) is 4.74 Å². The summed E-state index contributed by atoms with van der Waals surface area (Å²) in [6, 6.07) is 14.3. The molecule has 1 atom stereocenters. The second-order valence-electron chi connectivity index (χ2n) is 8.05. The molecule has 2 aliphatic rings. The summed E-state index contributed by atoms with van der Waals surface area (Å²) in [5.41, 5.74) is 4.81. The van der Waals surface area contributed by atoms with Gasteiger partial charge in [-0.3, -0.25) is 4.79 Å². The number of nitrogens with zero attached hydrogens (tertiary/aromatic N) is 2. The maximum Gasteiger partial charge on any atom is 0.255 e. The van der Waals surface area contributed by atoms with Crippen LogP contribution in [0.1, 0.15) is 34.8 Å². The largest absolute Gasteiger partial charge is 0.493 e. The van der Waals surface area contributed by atoms with E-state index in [2.05, 4.69) is 40.4 Å². The van der Waals surface area contributed by atoms with Crippen LogP contribution >= 0.6 is 0 Å². The van der Waals surface area contributed by atoms with E-state index in [1.54, 1.807) is 0 Å². The molecule has 1 fully saturated rings. The van der Waals surface area contributed by atoms with Gasteiger partial charge in [0.05, 0.1) is 12.2 Å². The number of amides is 1. The van der Waals surface area contributed by atoms with Gasteiger partial charge < -0.3 is 19.9 Å². The summed E-state index contributed by atoms with van der Waals surface area (Å²) in [7, 11) is 2.18. The standard InChI is InChI=1S/C24H31N3O2/c1-3-29-23-10-5-4-8-20(23)24(28)25-19-12-11-18-7-6-9-22(21(18)17-19)27-15-13-26(2)14-16-27/h4-10,19H,3,11-17H2,1-2H3,(H,25,28)/t19-/m1/s1. The summed E-state index contributed by atoms with van der Waals surface area (Å²) in [5, 5.41) is 3.27. The smallest absolute Gasteiger partial charge is 0.255 e. The van der Waals surface area contributed by atoms with E-state index in [9.17, 15) is 4.79 Å².